The molecule has 0 spiro atoms. The topological polar surface area (TPSA) is 40.5 Å². The Morgan fingerprint density at radius 3 is 1.21 bits per heavy atom. The molecular formula is C36H34O2. The average Bonchev–Trinajstić information content (AvgIpc) is 2.96. The van der Waals surface area contributed by atoms with E-state index in [1.54, 1.807) is 0 Å². The van der Waals surface area contributed by atoms with Crippen molar-refractivity contribution in [3.8, 4) is 22.6 Å². The number of fused-ring (bicyclic) bond motifs is 4. The van der Waals surface area contributed by atoms with Crippen LogP contribution in [0.1, 0.15) is 50.7 Å². The molecule has 0 heterocycles. The van der Waals surface area contributed by atoms with Crippen LogP contribution in [0.3, 0.4) is 0 Å². The molecule has 0 bridgehead atoms. The minimum Gasteiger partial charge on any atom is -0.507 e. The van der Waals surface area contributed by atoms with Gasteiger partial charge in [-0.05, 0) is 69.5 Å². The summed E-state index contributed by atoms with van der Waals surface area (Å²) in [6.45, 7) is 4.41. The molecule has 0 aliphatic carbocycles. The summed E-state index contributed by atoms with van der Waals surface area (Å²) in [4.78, 5) is 0. The largest absolute Gasteiger partial charge is 0.507 e. The molecule has 38 heavy (non-hydrogen) atoms. The van der Waals surface area contributed by atoms with Gasteiger partial charge in [0.15, 0.2) is 0 Å². The van der Waals surface area contributed by atoms with Crippen LogP contribution in [-0.4, -0.2) is 10.2 Å². The Morgan fingerprint density at radius 2 is 0.816 bits per heavy atom. The van der Waals surface area contributed by atoms with Gasteiger partial charge in [-0.2, -0.15) is 0 Å². The van der Waals surface area contributed by atoms with Gasteiger partial charge in [-0.1, -0.05) is 112 Å². The number of aryl methyl sites for hydroxylation is 2. The maximum atomic E-state index is 11.6. The normalized spacial score (nSPS) is 11.7. The Morgan fingerprint density at radius 1 is 0.447 bits per heavy atom. The van der Waals surface area contributed by atoms with E-state index in [4.69, 9.17) is 0 Å². The SMILES string of the molecule is CCCCc1cccc2c(-c3c4ccccc4c(O)c4c(CCCC)cccc34)c3ccccc3c(O)c12. The van der Waals surface area contributed by atoms with Crippen LogP contribution < -0.4 is 0 Å². The fourth-order valence-electron chi connectivity index (χ4n) is 6.24. The van der Waals surface area contributed by atoms with E-state index >= 15 is 0 Å². The first kappa shape index (κ1) is 24.3. The van der Waals surface area contributed by atoms with E-state index in [0.717, 1.165) is 92.7 Å². The van der Waals surface area contributed by atoms with E-state index in [0.29, 0.717) is 11.5 Å². The minimum atomic E-state index is 0.363. The van der Waals surface area contributed by atoms with Crippen molar-refractivity contribution in [1.82, 2.24) is 0 Å². The third-order valence-corrected chi connectivity index (χ3v) is 8.07. The summed E-state index contributed by atoms with van der Waals surface area (Å²) < 4.78 is 0. The van der Waals surface area contributed by atoms with Crippen LogP contribution in [0.15, 0.2) is 84.9 Å². The highest BCUT2D eigenvalue weighted by Gasteiger charge is 2.23. The van der Waals surface area contributed by atoms with E-state index in [1.807, 2.05) is 24.3 Å². The highest BCUT2D eigenvalue weighted by Crippen LogP contribution is 2.50. The molecule has 0 aliphatic heterocycles. The number of phenols is 2. The highest BCUT2D eigenvalue weighted by molar-refractivity contribution is 6.27. The van der Waals surface area contributed by atoms with Gasteiger partial charge in [-0.25, -0.2) is 0 Å². The Kier molecular flexibility index (Phi) is 6.41. The van der Waals surface area contributed by atoms with Crippen LogP contribution in [0.5, 0.6) is 11.5 Å². The van der Waals surface area contributed by atoms with Crippen LogP contribution in [-0.2, 0) is 12.8 Å². The number of benzene rings is 6. The standard InChI is InChI=1S/C36H34O2/c1-3-5-13-23-15-11-21-29-31(23)35(37)27-19-9-7-17-25(27)33(29)34-26-18-8-10-20-28(26)36(38)32-24(14-6-4-2)16-12-22-30(32)34/h7-12,15-22,37-38H,3-6,13-14H2,1-2H3. The molecule has 2 nitrogen and oxygen atoms in total. The maximum Gasteiger partial charge on any atom is 0.131 e. The smallest absolute Gasteiger partial charge is 0.131 e. The lowest BCUT2D eigenvalue weighted by molar-refractivity contribution is 0.486. The van der Waals surface area contributed by atoms with E-state index in [1.165, 1.54) is 11.1 Å². The van der Waals surface area contributed by atoms with E-state index in [-0.39, 0.29) is 0 Å². The van der Waals surface area contributed by atoms with Crippen LogP contribution >= 0.6 is 0 Å². The van der Waals surface area contributed by atoms with Crippen LogP contribution in [0.25, 0.3) is 54.2 Å². The van der Waals surface area contributed by atoms with Crippen LogP contribution in [0.2, 0.25) is 0 Å². The first-order chi connectivity index (χ1) is 18.7. The van der Waals surface area contributed by atoms with Crippen molar-refractivity contribution in [2.75, 3.05) is 0 Å². The summed E-state index contributed by atoms with van der Waals surface area (Å²) >= 11 is 0. The highest BCUT2D eigenvalue weighted by atomic mass is 16.3. The van der Waals surface area contributed by atoms with Crippen molar-refractivity contribution >= 4 is 43.1 Å². The number of rotatable bonds is 7. The Labute approximate surface area is 224 Å². The molecule has 0 saturated carbocycles. The van der Waals surface area contributed by atoms with Crippen molar-refractivity contribution < 1.29 is 10.2 Å². The third-order valence-electron chi connectivity index (χ3n) is 8.07. The molecule has 0 aliphatic rings. The predicted octanol–water partition coefficient (Wildman–Crippen LogP) is 10.1. The molecular weight excluding hydrogens is 464 g/mol. The van der Waals surface area contributed by atoms with E-state index in [2.05, 4.69) is 74.5 Å². The zero-order chi connectivity index (χ0) is 26.2. The van der Waals surface area contributed by atoms with Crippen LogP contribution in [0, 0.1) is 0 Å². The van der Waals surface area contributed by atoms with Crippen molar-refractivity contribution in [2.24, 2.45) is 0 Å². The van der Waals surface area contributed by atoms with Gasteiger partial charge in [0.05, 0.1) is 0 Å². The molecule has 0 unspecified atom stereocenters. The number of phenolic OH excluding ortho intramolecular Hbond substituents is 2. The molecule has 2 heteroatoms. The van der Waals surface area contributed by atoms with Crippen LogP contribution in [0.4, 0.5) is 0 Å². The fraction of sp³-hybridized carbons (Fsp3) is 0.222. The van der Waals surface area contributed by atoms with E-state index < -0.39 is 0 Å². The van der Waals surface area contributed by atoms with Gasteiger partial charge in [0.25, 0.3) is 0 Å². The molecule has 0 fully saturated rings. The van der Waals surface area contributed by atoms with Crippen molar-refractivity contribution in [2.45, 2.75) is 52.4 Å². The number of unbranched alkanes of at least 4 members (excludes halogenated alkanes) is 2. The molecule has 6 rings (SSSR count). The van der Waals surface area contributed by atoms with Gasteiger partial charge < -0.3 is 10.2 Å². The summed E-state index contributed by atoms with van der Waals surface area (Å²) in [6.07, 6.45) is 6.21. The summed E-state index contributed by atoms with van der Waals surface area (Å²) in [5, 5.41) is 31.1. The molecule has 0 amide bonds. The second kappa shape index (κ2) is 10.0. The maximum absolute atomic E-state index is 11.6. The van der Waals surface area contributed by atoms with Gasteiger partial charge in [0, 0.05) is 21.5 Å². The van der Waals surface area contributed by atoms with Gasteiger partial charge in [-0.15, -0.1) is 0 Å². The quantitative estimate of drug-likeness (QED) is 0.215. The second-order valence-corrected chi connectivity index (χ2v) is 10.4. The zero-order valence-corrected chi connectivity index (χ0v) is 22.2. The fourth-order valence-corrected chi connectivity index (χ4v) is 6.24. The summed E-state index contributed by atoms with van der Waals surface area (Å²) in [5.74, 6) is 0.726. The lowest BCUT2D eigenvalue weighted by Gasteiger charge is -2.21. The molecule has 2 N–H and O–H groups in total. The summed E-state index contributed by atoms with van der Waals surface area (Å²) in [5.41, 5.74) is 4.62. The van der Waals surface area contributed by atoms with Gasteiger partial charge in [-0.3, -0.25) is 0 Å². The third kappa shape index (κ3) is 3.79. The van der Waals surface area contributed by atoms with Gasteiger partial charge in [0.2, 0.25) is 0 Å². The number of hydrogen-bond donors (Lipinski definition) is 2. The monoisotopic (exact) mass is 498 g/mol. The number of hydrogen-bond acceptors (Lipinski definition) is 2. The zero-order valence-electron chi connectivity index (χ0n) is 22.2. The molecule has 0 atom stereocenters. The van der Waals surface area contributed by atoms with Crippen molar-refractivity contribution in [1.29, 1.82) is 0 Å². The molecule has 0 aromatic heterocycles. The van der Waals surface area contributed by atoms with E-state index in [9.17, 15) is 10.2 Å². The van der Waals surface area contributed by atoms with Crippen molar-refractivity contribution in [3.63, 3.8) is 0 Å². The Bertz CT molecular complexity index is 1680. The van der Waals surface area contributed by atoms with Gasteiger partial charge >= 0.3 is 0 Å². The average molecular weight is 499 g/mol. The summed E-state index contributed by atoms with van der Waals surface area (Å²) in [7, 11) is 0. The lowest BCUT2D eigenvalue weighted by atomic mass is 9.83. The van der Waals surface area contributed by atoms with Gasteiger partial charge in [0.1, 0.15) is 11.5 Å². The first-order valence-corrected chi connectivity index (χ1v) is 14.0. The Balaban J connectivity index is 1.85. The molecule has 190 valence electrons. The number of aromatic hydroxyl groups is 2. The second-order valence-electron chi connectivity index (χ2n) is 10.4. The molecule has 0 saturated heterocycles. The Hall–Kier alpha value is -4.04. The predicted molar refractivity (Wildman–Crippen MR) is 162 cm³/mol. The van der Waals surface area contributed by atoms with Crippen molar-refractivity contribution in [3.05, 3.63) is 96.1 Å². The first-order valence-electron chi connectivity index (χ1n) is 14.0. The summed E-state index contributed by atoms with van der Waals surface area (Å²) in [6, 6.07) is 29.3. The lowest BCUT2D eigenvalue weighted by Crippen LogP contribution is -1.95. The minimum absolute atomic E-state index is 0.363. The molecule has 0 radical (unpaired) electrons. The molecule has 6 aromatic carbocycles. The molecule has 6 aromatic rings.